The van der Waals surface area contributed by atoms with Crippen molar-refractivity contribution in [2.45, 2.75) is 39.3 Å². The van der Waals surface area contributed by atoms with Crippen LogP contribution in [0.3, 0.4) is 0 Å². The quantitative estimate of drug-likeness (QED) is 0.338. The van der Waals surface area contributed by atoms with Gasteiger partial charge in [0.1, 0.15) is 12.6 Å². The van der Waals surface area contributed by atoms with Crippen LogP contribution >= 0.6 is 22.7 Å². The fraction of sp³-hybridized carbons (Fsp3) is 0.310. The number of carbonyl (C=O) groups excluding carboxylic acids is 2. The first-order valence-corrected chi connectivity index (χ1v) is 14.7. The van der Waals surface area contributed by atoms with E-state index >= 15 is 0 Å². The maximum Gasteiger partial charge on any atom is 0.338 e. The van der Waals surface area contributed by atoms with Crippen molar-refractivity contribution in [3.8, 4) is 0 Å². The first-order chi connectivity index (χ1) is 19.0. The molecule has 0 unspecified atom stereocenters. The summed E-state index contributed by atoms with van der Waals surface area (Å²) in [5.74, 6) is -0.353. The van der Waals surface area contributed by atoms with Gasteiger partial charge in [0, 0.05) is 40.6 Å². The molecule has 0 radical (unpaired) electrons. The lowest BCUT2D eigenvalue weighted by atomic mass is 10.0. The van der Waals surface area contributed by atoms with E-state index in [1.165, 1.54) is 22.7 Å². The van der Waals surface area contributed by atoms with Crippen molar-refractivity contribution in [1.82, 2.24) is 14.0 Å². The molecule has 2 aliphatic heterocycles. The second-order valence-corrected chi connectivity index (χ2v) is 11.6. The fourth-order valence-electron chi connectivity index (χ4n) is 5.38. The number of rotatable bonds is 6. The zero-order valence-corrected chi connectivity index (χ0v) is 23.4. The van der Waals surface area contributed by atoms with Crippen LogP contribution in [0, 0.1) is 0 Å². The van der Waals surface area contributed by atoms with E-state index in [2.05, 4.69) is 4.99 Å². The Hall–Kier alpha value is -3.76. The van der Waals surface area contributed by atoms with Gasteiger partial charge in [0.05, 0.1) is 22.4 Å². The first-order valence-electron chi connectivity index (χ1n) is 13.0. The van der Waals surface area contributed by atoms with Crippen LogP contribution in [-0.2, 0) is 20.9 Å². The third kappa shape index (κ3) is 4.57. The van der Waals surface area contributed by atoms with E-state index in [9.17, 15) is 14.4 Å². The predicted octanol–water partition coefficient (Wildman–Crippen LogP) is 3.44. The molecule has 4 aromatic rings. The largest absolute Gasteiger partial charge is 0.463 e. The fourth-order valence-corrected chi connectivity index (χ4v) is 7.24. The van der Waals surface area contributed by atoms with Crippen molar-refractivity contribution >= 4 is 51.5 Å². The van der Waals surface area contributed by atoms with Crippen LogP contribution in [0.25, 0.3) is 17.0 Å². The third-order valence-corrected chi connectivity index (χ3v) is 9.11. The van der Waals surface area contributed by atoms with E-state index in [-0.39, 0.29) is 24.6 Å². The number of ether oxygens (including phenoxy) is 1. The molecule has 1 atom stereocenters. The zero-order valence-electron chi connectivity index (χ0n) is 21.8. The van der Waals surface area contributed by atoms with Crippen LogP contribution in [0.2, 0.25) is 0 Å². The summed E-state index contributed by atoms with van der Waals surface area (Å²) < 4.78 is 9.44. The SMILES string of the molecule is CCOC(=O)C1=C(C)N=c2s/c(=C/c3cn(CC(=O)N4CCCC4)c4ccccc34)c(=O)n2[C@@H]1c1cccs1. The van der Waals surface area contributed by atoms with Gasteiger partial charge in [-0.3, -0.25) is 14.2 Å². The van der Waals surface area contributed by atoms with Gasteiger partial charge in [-0.1, -0.05) is 35.6 Å². The van der Waals surface area contributed by atoms with Gasteiger partial charge in [-0.2, -0.15) is 0 Å². The van der Waals surface area contributed by atoms with Crippen LogP contribution in [0.5, 0.6) is 0 Å². The third-order valence-electron chi connectivity index (χ3n) is 7.20. The Morgan fingerprint density at radius 1 is 1.15 bits per heavy atom. The number of hydrogen-bond donors (Lipinski definition) is 0. The van der Waals surface area contributed by atoms with Gasteiger partial charge < -0.3 is 14.2 Å². The molecule has 39 heavy (non-hydrogen) atoms. The first kappa shape index (κ1) is 25.5. The molecule has 1 saturated heterocycles. The number of likely N-dealkylation sites (tertiary alicyclic amines) is 1. The van der Waals surface area contributed by atoms with Gasteiger partial charge in [0.25, 0.3) is 5.56 Å². The molecule has 3 aromatic heterocycles. The summed E-state index contributed by atoms with van der Waals surface area (Å²) in [6, 6.07) is 11.2. The zero-order chi connectivity index (χ0) is 27.1. The van der Waals surface area contributed by atoms with Gasteiger partial charge in [-0.15, -0.1) is 11.3 Å². The summed E-state index contributed by atoms with van der Waals surface area (Å²) in [5.41, 5.74) is 2.53. The Kier molecular flexibility index (Phi) is 6.82. The predicted molar refractivity (Wildman–Crippen MR) is 152 cm³/mol. The van der Waals surface area contributed by atoms with E-state index in [0.717, 1.165) is 47.3 Å². The highest BCUT2D eigenvalue weighted by Gasteiger charge is 2.34. The monoisotopic (exact) mass is 560 g/mol. The van der Waals surface area contributed by atoms with E-state index in [1.807, 2.05) is 63.5 Å². The average Bonchev–Trinajstić information content (AvgIpc) is 3.73. The van der Waals surface area contributed by atoms with Crippen molar-refractivity contribution in [1.29, 1.82) is 0 Å². The molecule has 10 heteroatoms. The molecular formula is C29H28N4O4S2. The van der Waals surface area contributed by atoms with Crippen LogP contribution in [0.15, 0.2) is 69.0 Å². The molecule has 200 valence electrons. The number of hydrogen-bond acceptors (Lipinski definition) is 7. The van der Waals surface area contributed by atoms with Crippen molar-refractivity contribution in [3.05, 3.63) is 89.4 Å². The normalized spacial score (nSPS) is 17.5. The number of aromatic nitrogens is 2. The number of fused-ring (bicyclic) bond motifs is 2. The van der Waals surface area contributed by atoms with E-state index < -0.39 is 12.0 Å². The lowest BCUT2D eigenvalue weighted by Gasteiger charge is -2.23. The number of carbonyl (C=O) groups is 2. The second-order valence-electron chi connectivity index (χ2n) is 9.64. The average molecular weight is 561 g/mol. The van der Waals surface area contributed by atoms with Crippen molar-refractivity contribution in [3.63, 3.8) is 0 Å². The highest BCUT2D eigenvalue weighted by atomic mass is 32.1. The topological polar surface area (TPSA) is 85.9 Å². The Bertz CT molecular complexity index is 1790. The Morgan fingerprint density at radius 2 is 1.95 bits per heavy atom. The number of nitrogens with zero attached hydrogens (tertiary/aromatic N) is 4. The van der Waals surface area contributed by atoms with Gasteiger partial charge >= 0.3 is 5.97 Å². The van der Waals surface area contributed by atoms with Crippen molar-refractivity contribution in [2.24, 2.45) is 4.99 Å². The molecule has 6 rings (SSSR count). The highest BCUT2D eigenvalue weighted by molar-refractivity contribution is 7.10. The molecule has 0 N–H and O–H groups in total. The van der Waals surface area contributed by atoms with Crippen molar-refractivity contribution in [2.75, 3.05) is 19.7 Å². The molecule has 0 spiro atoms. The summed E-state index contributed by atoms with van der Waals surface area (Å²) >= 11 is 2.79. The molecule has 0 saturated carbocycles. The summed E-state index contributed by atoms with van der Waals surface area (Å²) in [6.45, 7) is 5.67. The second kappa shape index (κ2) is 10.4. The Balaban J connectivity index is 1.47. The molecule has 1 aromatic carbocycles. The minimum absolute atomic E-state index is 0.108. The number of allylic oxidation sites excluding steroid dienone is 1. The molecule has 2 aliphatic rings. The van der Waals surface area contributed by atoms with Gasteiger partial charge in [0.15, 0.2) is 4.80 Å². The number of benzene rings is 1. The highest BCUT2D eigenvalue weighted by Crippen LogP contribution is 2.33. The van der Waals surface area contributed by atoms with Crippen molar-refractivity contribution < 1.29 is 14.3 Å². The summed E-state index contributed by atoms with van der Waals surface area (Å²) in [6.07, 6.45) is 5.92. The van der Waals surface area contributed by atoms with E-state index in [4.69, 9.17) is 4.74 Å². The van der Waals surface area contributed by atoms with Crippen LogP contribution in [0.4, 0.5) is 0 Å². The number of amides is 1. The minimum Gasteiger partial charge on any atom is -0.463 e. The summed E-state index contributed by atoms with van der Waals surface area (Å²) in [7, 11) is 0. The summed E-state index contributed by atoms with van der Waals surface area (Å²) in [4.78, 5) is 47.8. The smallest absolute Gasteiger partial charge is 0.338 e. The molecule has 5 heterocycles. The molecule has 0 bridgehead atoms. The number of para-hydroxylation sites is 1. The van der Waals surface area contributed by atoms with E-state index in [0.29, 0.717) is 20.6 Å². The lowest BCUT2D eigenvalue weighted by molar-refractivity contribution is -0.139. The molecule has 1 amide bonds. The Morgan fingerprint density at radius 3 is 2.69 bits per heavy atom. The number of thiophene rings is 1. The minimum atomic E-state index is -0.595. The van der Waals surface area contributed by atoms with Gasteiger partial charge in [0.2, 0.25) is 5.91 Å². The standard InChI is InChI=1S/C29H28N4O4S2/c1-3-37-28(36)25-18(2)30-29-33(26(25)22-11-8-14-38-22)27(35)23(39-29)15-19-16-32(21-10-5-4-9-20(19)21)17-24(34)31-12-6-7-13-31/h4-5,8-11,14-16,26H,3,6-7,12-13,17H2,1-2H3/b23-15+/t26-/m1/s1. The molecule has 0 aliphatic carbocycles. The summed E-state index contributed by atoms with van der Waals surface area (Å²) in [5, 5.41) is 2.90. The Labute approximate surface area is 232 Å². The number of esters is 1. The van der Waals surface area contributed by atoms with Crippen LogP contribution < -0.4 is 14.9 Å². The molecule has 8 nitrogen and oxygen atoms in total. The molecular weight excluding hydrogens is 532 g/mol. The molecule has 1 fully saturated rings. The maximum absolute atomic E-state index is 13.9. The van der Waals surface area contributed by atoms with Crippen LogP contribution in [0.1, 0.15) is 43.2 Å². The maximum atomic E-state index is 13.9. The van der Waals surface area contributed by atoms with E-state index in [1.54, 1.807) is 18.4 Å². The lowest BCUT2D eigenvalue weighted by Crippen LogP contribution is -2.39. The van der Waals surface area contributed by atoms with Gasteiger partial charge in [-0.05, 0) is 50.3 Å². The van der Waals surface area contributed by atoms with Crippen LogP contribution in [-0.4, -0.2) is 45.6 Å². The van der Waals surface area contributed by atoms with Gasteiger partial charge in [-0.25, -0.2) is 9.79 Å². The number of thiazole rings is 1.